The summed E-state index contributed by atoms with van der Waals surface area (Å²) in [6, 6.07) is 7.17. The van der Waals surface area contributed by atoms with Crippen LogP contribution in [0.4, 0.5) is 0 Å². The third kappa shape index (κ3) is 1.67. The molecule has 0 spiro atoms. The topological polar surface area (TPSA) is 68.0 Å². The van der Waals surface area contributed by atoms with Gasteiger partial charge in [0.05, 0.1) is 11.3 Å². The molecule has 1 N–H and O–H groups in total. The molecule has 19 heavy (non-hydrogen) atoms. The molecule has 0 radical (unpaired) electrons. The fourth-order valence-electron chi connectivity index (χ4n) is 2.31. The molecular weight excluding hydrogens is 242 g/mol. The molecule has 0 aliphatic heterocycles. The number of hydrogen-bond acceptors (Lipinski definition) is 3. The van der Waals surface area contributed by atoms with Crippen molar-refractivity contribution in [2.75, 3.05) is 0 Å². The minimum Gasteiger partial charge on any atom is -0.478 e. The Kier molecular flexibility index (Phi) is 2.52. The number of carboxylic acid groups (broad SMARTS) is 1. The molecule has 0 bridgehead atoms. The number of pyridine rings is 2. The predicted octanol–water partition coefficient (Wildman–Crippen LogP) is 2.43. The average molecular weight is 253 g/mol. The maximum absolute atomic E-state index is 11.4. The zero-order chi connectivity index (χ0) is 13.4. The largest absolute Gasteiger partial charge is 0.478 e. The number of rotatable bonds is 2. The van der Waals surface area contributed by atoms with Gasteiger partial charge in [0.1, 0.15) is 5.65 Å². The monoisotopic (exact) mass is 253 g/mol. The van der Waals surface area contributed by atoms with Gasteiger partial charge in [-0.05, 0) is 31.2 Å². The number of aromatic nitrogens is 3. The van der Waals surface area contributed by atoms with E-state index in [-0.39, 0.29) is 0 Å². The SMILES string of the molecule is Cc1c(C(=O)O)c2cccnc2n1-c1ccncc1. The first-order chi connectivity index (χ1) is 9.20. The molecule has 3 heterocycles. The van der Waals surface area contributed by atoms with Crippen molar-refractivity contribution in [2.45, 2.75) is 6.92 Å². The van der Waals surface area contributed by atoms with E-state index < -0.39 is 5.97 Å². The Hall–Kier alpha value is -2.69. The van der Waals surface area contributed by atoms with Crippen LogP contribution in [0.3, 0.4) is 0 Å². The minimum absolute atomic E-state index is 0.292. The Morgan fingerprint density at radius 3 is 2.63 bits per heavy atom. The number of hydrogen-bond donors (Lipinski definition) is 1. The van der Waals surface area contributed by atoms with Crippen LogP contribution in [0.2, 0.25) is 0 Å². The molecule has 0 aromatic carbocycles. The first kappa shape index (κ1) is 11.4. The number of carboxylic acids is 1. The Morgan fingerprint density at radius 2 is 1.95 bits per heavy atom. The van der Waals surface area contributed by atoms with Crippen molar-refractivity contribution in [3.05, 3.63) is 54.1 Å². The van der Waals surface area contributed by atoms with E-state index in [0.717, 1.165) is 5.69 Å². The quantitative estimate of drug-likeness (QED) is 0.761. The first-order valence-corrected chi connectivity index (χ1v) is 5.80. The van der Waals surface area contributed by atoms with Crippen LogP contribution in [-0.4, -0.2) is 25.6 Å². The van der Waals surface area contributed by atoms with Gasteiger partial charge in [0.2, 0.25) is 0 Å². The number of fused-ring (bicyclic) bond motifs is 1. The Labute approximate surface area is 109 Å². The van der Waals surface area contributed by atoms with Crippen molar-refractivity contribution in [1.29, 1.82) is 0 Å². The van der Waals surface area contributed by atoms with Crippen LogP contribution in [0.1, 0.15) is 16.1 Å². The van der Waals surface area contributed by atoms with E-state index >= 15 is 0 Å². The lowest BCUT2D eigenvalue weighted by atomic mass is 10.2. The smallest absolute Gasteiger partial charge is 0.338 e. The molecule has 3 rings (SSSR count). The maximum Gasteiger partial charge on any atom is 0.338 e. The van der Waals surface area contributed by atoms with Gasteiger partial charge in [0.15, 0.2) is 0 Å². The molecule has 3 aromatic rings. The lowest BCUT2D eigenvalue weighted by molar-refractivity contribution is 0.0698. The summed E-state index contributed by atoms with van der Waals surface area (Å²) in [6.07, 6.45) is 5.00. The maximum atomic E-state index is 11.4. The van der Waals surface area contributed by atoms with Crippen LogP contribution in [0.15, 0.2) is 42.9 Å². The van der Waals surface area contributed by atoms with E-state index in [1.165, 1.54) is 0 Å². The van der Waals surface area contributed by atoms with Gasteiger partial charge in [0, 0.05) is 29.7 Å². The fraction of sp³-hybridized carbons (Fsp3) is 0.0714. The molecule has 0 aliphatic rings. The lowest BCUT2D eigenvalue weighted by Crippen LogP contribution is -2.01. The van der Waals surface area contributed by atoms with E-state index in [9.17, 15) is 9.90 Å². The normalized spacial score (nSPS) is 10.8. The molecule has 0 unspecified atom stereocenters. The van der Waals surface area contributed by atoms with Gasteiger partial charge in [-0.15, -0.1) is 0 Å². The van der Waals surface area contributed by atoms with Crippen LogP contribution < -0.4 is 0 Å². The molecule has 0 atom stereocenters. The third-order valence-corrected chi connectivity index (χ3v) is 3.10. The summed E-state index contributed by atoms with van der Waals surface area (Å²) >= 11 is 0. The second kappa shape index (κ2) is 4.20. The highest BCUT2D eigenvalue weighted by atomic mass is 16.4. The molecule has 0 amide bonds. The van der Waals surface area contributed by atoms with Crippen molar-refractivity contribution in [2.24, 2.45) is 0 Å². The predicted molar refractivity (Wildman–Crippen MR) is 70.6 cm³/mol. The number of carbonyl (C=O) groups is 1. The second-order valence-electron chi connectivity index (χ2n) is 4.18. The molecule has 0 aliphatic carbocycles. The van der Waals surface area contributed by atoms with Gasteiger partial charge >= 0.3 is 5.97 Å². The van der Waals surface area contributed by atoms with Crippen LogP contribution in [0.5, 0.6) is 0 Å². The molecular formula is C14H11N3O2. The van der Waals surface area contributed by atoms with Crippen molar-refractivity contribution >= 4 is 17.0 Å². The van der Waals surface area contributed by atoms with E-state index in [1.54, 1.807) is 37.6 Å². The second-order valence-corrected chi connectivity index (χ2v) is 4.18. The highest BCUT2D eigenvalue weighted by Crippen LogP contribution is 2.27. The van der Waals surface area contributed by atoms with E-state index in [1.807, 2.05) is 16.7 Å². The number of aromatic carboxylic acids is 1. The van der Waals surface area contributed by atoms with Crippen molar-refractivity contribution in [1.82, 2.24) is 14.5 Å². The fourth-order valence-corrected chi connectivity index (χ4v) is 2.31. The van der Waals surface area contributed by atoms with Gasteiger partial charge in [0.25, 0.3) is 0 Å². The summed E-state index contributed by atoms with van der Waals surface area (Å²) in [4.78, 5) is 19.7. The van der Waals surface area contributed by atoms with Crippen LogP contribution >= 0.6 is 0 Å². The van der Waals surface area contributed by atoms with Crippen molar-refractivity contribution in [3.8, 4) is 5.69 Å². The highest BCUT2D eigenvalue weighted by molar-refractivity contribution is 6.04. The summed E-state index contributed by atoms with van der Waals surface area (Å²) in [5.74, 6) is -0.941. The van der Waals surface area contributed by atoms with Crippen LogP contribution in [-0.2, 0) is 0 Å². The Balaban J connectivity index is 2.43. The van der Waals surface area contributed by atoms with Crippen molar-refractivity contribution in [3.63, 3.8) is 0 Å². The standard InChI is InChI=1S/C14H11N3O2/c1-9-12(14(18)19)11-3-2-6-16-13(11)17(9)10-4-7-15-8-5-10/h2-8H,1H3,(H,18,19). The lowest BCUT2D eigenvalue weighted by Gasteiger charge is -2.06. The molecule has 5 nitrogen and oxygen atoms in total. The summed E-state index contributed by atoms with van der Waals surface area (Å²) in [5.41, 5.74) is 2.44. The first-order valence-electron chi connectivity index (χ1n) is 5.80. The molecule has 0 saturated carbocycles. The molecule has 94 valence electrons. The van der Waals surface area contributed by atoms with Crippen molar-refractivity contribution < 1.29 is 9.90 Å². The summed E-state index contributed by atoms with van der Waals surface area (Å²) in [6.45, 7) is 1.78. The zero-order valence-corrected chi connectivity index (χ0v) is 10.2. The van der Waals surface area contributed by atoms with E-state index in [0.29, 0.717) is 22.3 Å². The van der Waals surface area contributed by atoms with Gasteiger partial charge in [-0.3, -0.25) is 9.55 Å². The average Bonchev–Trinajstić information content (AvgIpc) is 2.71. The summed E-state index contributed by atoms with van der Waals surface area (Å²) in [7, 11) is 0. The van der Waals surface area contributed by atoms with E-state index in [4.69, 9.17) is 0 Å². The number of nitrogens with zero attached hydrogens (tertiary/aromatic N) is 3. The molecule has 5 heteroatoms. The van der Waals surface area contributed by atoms with E-state index in [2.05, 4.69) is 9.97 Å². The van der Waals surface area contributed by atoms with Crippen LogP contribution in [0, 0.1) is 6.92 Å². The Bertz CT molecular complexity index is 763. The van der Waals surface area contributed by atoms with Gasteiger partial charge in [-0.25, -0.2) is 9.78 Å². The minimum atomic E-state index is -0.941. The summed E-state index contributed by atoms with van der Waals surface area (Å²) < 4.78 is 1.83. The molecule has 0 fully saturated rings. The molecule has 3 aromatic heterocycles. The van der Waals surface area contributed by atoms with Crippen LogP contribution in [0.25, 0.3) is 16.7 Å². The Morgan fingerprint density at radius 1 is 1.21 bits per heavy atom. The molecule has 0 saturated heterocycles. The third-order valence-electron chi connectivity index (χ3n) is 3.10. The zero-order valence-electron chi connectivity index (χ0n) is 10.2. The van der Waals surface area contributed by atoms with Gasteiger partial charge in [-0.2, -0.15) is 0 Å². The summed E-state index contributed by atoms with van der Waals surface area (Å²) in [5, 5.41) is 10.0. The highest BCUT2D eigenvalue weighted by Gasteiger charge is 2.20. The van der Waals surface area contributed by atoms with Gasteiger partial charge in [-0.1, -0.05) is 0 Å². The van der Waals surface area contributed by atoms with Gasteiger partial charge < -0.3 is 5.11 Å².